The maximum absolute atomic E-state index is 12.6. The van der Waals surface area contributed by atoms with Crippen LogP contribution in [-0.2, 0) is 9.53 Å². The summed E-state index contributed by atoms with van der Waals surface area (Å²) in [5.41, 5.74) is 5.34. The van der Waals surface area contributed by atoms with Crippen LogP contribution in [0.25, 0.3) is 28.1 Å². The molecule has 36 heavy (non-hydrogen) atoms. The second kappa shape index (κ2) is 10.1. The van der Waals surface area contributed by atoms with Crippen molar-refractivity contribution in [2.45, 2.75) is 38.1 Å². The summed E-state index contributed by atoms with van der Waals surface area (Å²) in [5, 5.41) is 11.2. The van der Waals surface area contributed by atoms with Gasteiger partial charge in [-0.1, -0.05) is 24.8 Å². The number of nitriles is 1. The second-order valence-electron chi connectivity index (χ2n) is 9.62. The molecule has 7 heteroatoms. The Balaban J connectivity index is 1.54. The molecule has 1 aromatic carbocycles. The second-order valence-corrected chi connectivity index (χ2v) is 9.62. The van der Waals surface area contributed by atoms with E-state index in [9.17, 15) is 10.1 Å². The first-order valence-corrected chi connectivity index (χ1v) is 12.5. The van der Waals surface area contributed by atoms with Gasteiger partial charge in [0.05, 0.1) is 35.5 Å². The maximum Gasteiger partial charge on any atom is 0.225 e. The van der Waals surface area contributed by atoms with Crippen molar-refractivity contribution in [3.63, 3.8) is 0 Å². The summed E-state index contributed by atoms with van der Waals surface area (Å²) in [6, 6.07) is 14.6. The lowest BCUT2D eigenvalue weighted by molar-refractivity contribution is -0.134. The fourth-order valence-electron chi connectivity index (χ4n) is 5.10. The Bertz CT molecular complexity index is 1360. The van der Waals surface area contributed by atoms with Gasteiger partial charge in [-0.25, -0.2) is 9.97 Å². The predicted octanol–water partition coefficient (Wildman–Crippen LogP) is 4.76. The molecule has 3 aromatic rings. The van der Waals surface area contributed by atoms with Crippen molar-refractivity contribution in [2.24, 2.45) is 0 Å². The Kier molecular flexibility index (Phi) is 6.71. The summed E-state index contributed by atoms with van der Waals surface area (Å²) < 4.78 is 5.08. The van der Waals surface area contributed by atoms with Crippen LogP contribution in [0.4, 0.5) is 5.82 Å². The highest BCUT2D eigenvalue weighted by atomic mass is 16.5. The molecule has 184 valence electrons. The van der Waals surface area contributed by atoms with Gasteiger partial charge in [0, 0.05) is 49.7 Å². The van der Waals surface area contributed by atoms with Crippen molar-refractivity contribution in [1.82, 2.24) is 14.9 Å². The minimum absolute atomic E-state index is 0.0276. The number of para-hydroxylation sites is 1. The van der Waals surface area contributed by atoms with Crippen molar-refractivity contribution in [3.8, 4) is 17.2 Å². The number of carbonyl (C=O) groups excluding carboxylic acids is 1. The van der Waals surface area contributed by atoms with Gasteiger partial charge in [0.15, 0.2) is 0 Å². The van der Waals surface area contributed by atoms with Gasteiger partial charge in [-0.3, -0.25) is 4.79 Å². The molecule has 0 N–H and O–H groups in total. The van der Waals surface area contributed by atoms with E-state index in [4.69, 9.17) is 14.7 Å². The largest absolute Gasteiger partial charge is 0.384 e. The molecule has 1 aliphatic heterocycles. The van der Waals surface area contributed by atoms with Gasteiger partial charge >= 0.3 is 0 Å². The number of methoxy groups -OCH3 is 1. The first-order valence-electron chi connectivity index (χ1n) is 12.5. The van der Waals surface area contributed by atoms with Crippen molar-refractivity contribution in [1.29, 1.82) is 5.26 Å². The zero-order chi connectivity index (χ0) is 25.2. The number of hydrogen-bond donors (Lipinski definition) is 0. The van der Waals surface area contributed by atoms with Crippen molar-refractivity contribution in [2.75, 3.05) is 38.3 Å². The number of nitrogens with zero attached hydrogens (tertiary/aromatic N) is 5. The molecule has 0 bridgehead atoms. The standard InChI is InChI=1S/C29H31N5O2/c1-4-22-16-24(23-7-5-6-8-26(23)31-22)25-15-21(17-30)29(32-28(25)20-9-10-20)33-12-13-34(19(2)18-33)27(35)11-14-36-3/h4-8,15-16,19-20H,1,9-14,18H2,2-3H3/t19-/m1/s1. The van der Waals surface area contributed by atoms with Crippen LogP contribution in [0.15, 0.2) is 43.0 Å². The Morgan fingerprint density at radius 3 is 2.72 bits per heavy atom. The molecule has 2 fully saturated rings. The number of rotatable bonds is 7. The summed E-state index contributed by atoms with van der Waals surface area (Å²) in [6.45, 7) is 8.29. The first kappa shape index (κ1) is 24.0. The van der Waals surface area contributed by atoms with Crippen molar-refractivity contribution in [3.05, 3.63) is 59.9 Å². The molecular formula is C29H31N5O2. The summed E-state index contributed by atoms with van der Waals surface area (Å²) in [5.74, 6) is 1.22. The van der Waals surface area contributed by atoms with E-state index in [2.05, 4.69) is 30.5 Å². The number of carbonyl (C=O) groups is 1. The number of amides is 1. The number of pyridine rings is 2. The highest BCUT2D eigenvalue weighted by Crippen LogP contribution is 2.46. The minimum atomic E-state index is 0.0276. The lowest BCUT2D eigenvalue weighted by Crippen LogP contribution is -2.54. The molecule has 0 spiro atoms. The molecule has 1 atom stereocenters. The van der Waals surface area contributed by atoms with Crippen LogP contribution < -0.4 is 4.90 Å². The molecule has 1 saturated heterocycles. The highest BCUT2D eigenvalue weighted by molar-refractivity contribution is 5.96. The third-order valence-corrected chi connectivity index (χ3v) is 7.12. The van der Waals surface area contributed by atoms with E-state index in [1.807, 2.05) is 35.2 Å². The van der Waals surface area contributed by atoms with Gasteiger partial charge in [0.25, 0.3) is 0 Å². The number of ether oxygens (including phenoxy) is 1. The van der Waals surface area contributed by atoms with Crippen LogP contribution in [0.2, 0.25) is 0 Å². The van der Waals surface area contributed by atoms with E-state index in [1.54, 1.807) is 13.2 Å². The van der Waals surface area contributed by atoms with Gasteiger partial charge in [0.1, 0.15) is 11.9 Å². The summed E-state index contributed by atoms with van der Waals surface area (Å²) in [6.07, 6.45) is 4.34. The monoisotopic (exact) mass is 481 g/mol. The van der Waals surface area contributed by atoms with E-state index in [0.29, 0.717) is 44.1 Å². The topological polar surface area (TPSA) is 82.4 Å². The van der Waals surface area contributed by atoms with Crippen LogP contribution in [0, 0.1) is 11.3 Å². The molecule has 3 heterocycles. The number of aromatic nitrogens is 2. The smallest absolute Gasteiger partial charge is 0.225 e. The van der Waals surface area contributed by atoms with E-state index in [1.165, 1.54) is 0 Å². The zero-order valence-corrected chi connectivity index (χ0v) is 20.9. The number of fused-ring (bicyclic) bond motifs is 1. The zero-order valence-electron chi connectivity index (χ0n) is 20.9. The average Bonchev–Trinajstić information content (AvgIpc) is 3.75. The molecule has 2 aliphatic rings. The van der Waals surface area contributed by atoms with Crippen LogP contribution in [-0.4, -0.2) is 60.2 Å². The SMILES string of the molecule is C=Cc1cc(-c2cc(C#N)c(N3CCN(C(=O)CCOC)[C@H](C)C3)nc2C2CC2)c2ccccc2n1. The molecule has 7 nitrogen and oxygen atoms in total. The van der Waals surface area contributed by atoms with Crippen LogP contribution in [0.5, 0.6) is 0 Å². The molecule has 0 unspecified atom stereocenters. The van der Waals surface area contributed by atoms with Crippen molar-refractivity contribution < 1.29 is 9.53 Å². The quantitative estimate of drug-likeness (QED) is 0.484. The Morgan fingerprint density at radius 1 is 1.22 bits per heavy atom. The van der Waals surface area contributed by atoms with Crippen molar-refractivity contribution >= 4 is 28.7 Å². The predicted molar refractivity (Wildman–Crippen MR) is 142 cm³/mol. The third-order valence-electron chi connectivity index (χ3n) is 7.12. The van der Waals surface area contributed by atoms with Crippen LogP contribution >= 0.6 is 0 Å². The van der Waals surface area contributed by atoms with Gasteiger partial charge in [-0.2, -0.15) is 5.26 Å². The maximum atomic E-state index is 12.6. The summed E-state index contributed by atoms with van der Waals surface area (Å²) >= 11 is 0. The van der Waals surface area contributed by atoms with E-state index < -0.39 is 0 Å². The number of piperazine rings is 1. The van der Waals surface area contributed by atoms with Gasteiger partial charge < -0.3 is 14.5 Å². The van der Waals surface area contributed by atoms with E-state index >= 15 is 0 Å². The summed E-state index contributed by atoms with van der Waals surface area (Å²) in [4.78, 5) is 26.5. The molecule has 2 aromatic heterocycles. The van der Waals surface area contributed by atoms with E-state index in [0.717, 1.165) is 52.1 Å². The normalized spacial score (nSPS) is 17.8. The van der Waals surface area contributed by atoms with Gasteiger partial charge in [-0.05, 0) is 49.6 Å². The Labute approximate surface area is 212 Å². The fourth-order valence-corrected chi connectivity index (χ4v) is 5.10. The lowest BCUT2D eigenvalue weighted by atomic mass is 9.95. The first-order chi connectivity index (χ1) is 17.5. The molecule has 1 amide bonds. The lowest BCUT2D eigenvalue weighted by Gasteiger charge is -2.41. The minimum Gasteiger partial charge on any atom is -0.384 e. The Morgan fingerprint density at radius 2 is 2.03 bits per heavy atom. The highest BCUT2D eigenvalue weighted by Gasteiger charge is 2.33. The molecule has 1 aliphatic carbocycles. The fraction of sp³-hybridized carbons (Fsp3) is 0.379. The number of anilines is 1. The number of benzene rings is 1. The molecule has 1 saturated carbocycles. The Hall–Kier alpha value is -3.76. The van der Waals surface area contributed by atoms with E-state index in [-0.39, 0.29) is 11.9 Å². The summed E-state index contributed by atoms with van der Waals surface area (Å²) in [7, 11) is 1.61. The molecule has 0 radical (unpaired) electrons. The number of hydrogen-bond acceptors (Lipinski definition) is 6. The third kappa shape index (κ3) is 4.57. The molecule has 5 rings (SSSR count). The van der Waals surface area contributed by atoms with Crippen LogP contribution in [0.1, 0.15) is 49.1 Å². The van der Waals surface area contributed by atoms with Crippen LogP contribution in [0.3, 0.4) is 0 Å². The van der Waals surface area contributed by atoms with Gasteiger partial charge in [-0.15, -0.1) is 0 Å². The average molecular weight is 482 g/mol. The molecular weight excluding hydrogens is 450 g/mol. The van der Waals surface area contributed by atoms with Gasteiger partial charge in [0.2, 0.25) is 5.91 Å².